The molecule has 7 heteroatoms. The van der Waals surface area contributed by atoms with E-state index in [4.69, 9.17) is 0 Å². The van der Waals surface area contributed by atoms with Crippen molar-refractivity contribution in [1.82, 2.24) is 9.13 Å². The summed E-state index contributed by atoms with van der Waals surface area (Å²) >= 11 is 0. The van der Waals surface area contributed by atoms with Crippen LogP contribution in [0.5, 0.6) is 0 Å². The van der Waals surface area contributed by atoms with Gasteiger partial charge in [0, 0.05) is 20.6 Å². The molecule has 1 unspecified atom stereocenters. The van der Waals surface area contributed by atoms with E-state index >= 15 is 0 Å². The number of carbonyl (C=O) groups is 1. The van der Waals surface area contributed by atoms with Crippen LogP contribution in [0, 0.1) is 11.3 Å². The Kier molecular flexibility index (Phi) is 3.05. The summed E-state index contributed by atoms with van der Waals surface area (Å²) in [4.78, 5) is 38.2. The zero-order valence-electron chi connectivity index (χ0n) is 11.9. The van der Waals surface area contributed by atoms with Crippen molar-refractivity contribution in [3.63, 3.8) is 0 Å². The number of anilines is 1. The molecule has 1 aliphatic heterocycles. The fourth-order valence-electron chi connectivity index (χ4n) is 2.79. The van der Waals surface area contributed by atoms with E-state index in [1.54, 1.807) is 13.8 Å². The summed E-state index contributed by atoms with van der Waals surface area (Å²) < 4.78 is 2.19. The largest absolute Gasteiger partial charge is 0.330 e. The monoisotopic (exact) mass is 276 g/mol. The number of rotatable bonds is 2. The molecule has 0 N–H and O–H groups in total. The molecule has 1 amide bonds. The zero-order chi connectivity index (χ0) is 15.2. The minimum absolute atomic E-state index is 0.144. The highest BCUT2D eigenvalue weighted by Crippen LogP contribution is 2.40. The van der Waals surface area contributed by atoms with E-state index < -0.39 is 22.6 Å². The standard InChI is InChI=1S/C13H16N4O3/c1-5-13(7-14)9-8(17(6-2)11(13)19)10(18)16(4)12(20)15(9)3/h5-6H2,1-4H3. The van der Waals surface area contributed by atoms with E-state index in [2.05, 4.69) is 0 Å². The van der Waals surface area contributed by atoms with Crippen molar-refractivity contribution in [2.75, 3.05) is 11.4 Å². The molecule has 1 atom stereocenters. The molecule has 0 aliphatic carbocycles. The van der Waals surface area contributed by atoms with Gasteiger partial charge in [-0.3, -0.25) is 18.7 Å². The number of fused-ring (bicyclic) bond motifs is 1. The van der Waals surface area contributed by atoms with Gasteiger partial charge >= 0.3 is 5.69 Å². The molecule has 0 saturated heterocycles. The van der Waals surface area contributed by atoms with Crippen LogP contribution in [-0.4, -0.2) is 21.6 Å². The molecule has 2 heterocycles. The first-order valence-corrected chi connectivity index (χ1v) is 6.41. The number of amides is 1. The Morgan fingerprint density at radius 2 is 1.75 bits per heavy atom. The Hall–Kier alpha value is -2.36. The van der Waals surface area contributed by atoms with Crippen LogP contribution in [0.2, 0.25) is 0 Å². The van der Waals surface area contributed by atoms with Gasteiger partial charge in [0.2, 0.25) is 0 Å². The van der Waals surface area contributed by atoms with E-state index in [0.29, 0.717) is 0 Å². The van der Waals surface area contributed by atoms with E-state index in [9.17, 15) is 19.6 Å². The van der Waals surface area contributed by atoms with Crippen LogP contribution in [0.4, 0.5) is 5.69 Å². The molecular formula is C13H16N4O3. The summed E-state index contributed by atoms with van der Waals surface area (Å²) in [5, 5.41) is 9.50. The first-order valence-electron chi connectivity index (χ1n) is 6.41. The maximum absolute atomic E-state index is 12.5. The van der Waals surface area contributed by atoms with Crippen molar-refractivity contribution in [3.8, 4) is 6.07 Å². The molecule has 0 radical (unpaired) electrons. The Balaban J connectivity index is 3.06. The van der Waals surface area contributed by atoms with Gasteiger partial charge in [-0.2, -0.15) is 5.26 Å². The van der Waals surface area contributed by atoms with Crippen LogP contribution >= 0.6 is 0 Å². The normalized spacial score (nSPS) is 20.9. The highest BCUT2D eigenvalue weighted by atomic mass is 16.2. The Bertz CT molecular complexity index is 753. The number of carbonyl (C=O) groups excluding carboxylic acids is 1. The van der Waals surface area contributed by atoms with E-state index in [-0.39, 0.29) is 24.3 Å². The van der Waals surface area contributed by atoms with Gasteiger partial charge in [0.15, 0.2) is 5.41 Å². The second-order valence-electron chi connectivity index (χ2n) is 4.82. The average Bonchev–Trinajstić information content (AvgIpc) is 2.71. The lowest BCUT2D eigenvalue weighted by atomic mass is 9.84. The molecule has 0 spiro atoms. The lowest BCUT2D eigenvalue weighted by Gasteiger charge is -2.19. The third-order valence-corrected chi connectivity index (χ3v) is 3.96. The average molecular weight is 276 g/mol. The van der Waals surface area contributed by atoms with Gasteiger partial charge in [0.05, 0.1) is 11.8 Å². The lowest BCUT2D eigenvalue weighted by Crippen LogP contribution is -2.41. The highest BCUT2D eigenvalue weighted by molar-refractivity contribution is 6.09. The predicted octanol–water partition coefficient (Wildman–Crippen LogP) is -0.378. The van der Waals surface area contributed by atoms with Gasteiger partial charge in [0.25, 0.3) is 11.5 Å². The Morgan fingerprint density at radius 3 is 2.20 bits per heavy atom. The van der Waals surface area contributed by atoms with Crippen molar-refractivity contribution in [1.29, 1.82) is 5.26 Å². The van der Waals surface area contributed by atoms with Gasteiger partial charge in [-0.05, 0) is 13.3 Å². The van der Waals surface area contributed by atoms with Crippen molar-refractivity contribution < 1.29 is 4.79 Å². The minimum Gasteiger partial charge on any atom is -0.305 e. The number of nitriles is 1. The third kappa shape index (κ3) is 1.36. The smallest absolute Gasteiger partial charge is 0.305 e. The van der Waals surface area contributed by atoms with Crippen LogP contribution in [0.15, 0.2) is 9.59 Å². The van der Waals surface area contributed by atoms with E-state index in [0.717, 1.165) is 4.57 Å². The van der Waals surface area contributed by atoms with Gasteiger partial charge in [0.1, 0.15) is 5.69 Å². The number of aromatic nitrogens is 2. The lowest BCUT2D eigenvalue weighted by molar-refractivity contribution is -0.121. The molecule has 0 aromatic carbocycles. The number of likely N-dealkylation sites (N-methyl/N-ethyl adjacent to an activating group) is 1. The molecule has 1 aromatic rings. The summed E-state index contributed by atoms with van der Waals surface area (Å²) in [6, 6.07) is 2.01. The highest BCUT2D eigenvalue weighted by Gasteiger charge is 2.53. The zero-order valence-corrected chi connectivity index (χ0v) is 11.9. The first-order chi connectivity index (χ1) is 9.37. The summed E-state index contributed by atoms with van der Waals surface area (Å²) in [6.07, 6.45) is 0.215. The molecule has 1 aromatic heterocycles. The SMILES string of the molecule is CCN1C(=O)C(C#N)(CC)c2c1c(=O)n(C)c(=O)n2C. The first kappa shape index (κ1) is 14.1. The fraction of sp³-hybridized carbons (Fsp3) is 0.538. The van der Waals surface area contributed by atoms with Gasteiger partial charge < -0.3 is 4.90 Å². The number of hydrogen-bond acceptors (Lipinski definition) is 4. The van der Waals surface area contributed by atoms with Crippen molar-refractivity contribution in [3.05, 3.63) is 26.5 Å². The molecule has 1 aliphatic rings. The Labute approximate surface area is 115 Å². The summed E-state index contributed by atoms with van der Waals surface area (Å²) in [5.74, 6) is -0.432. The molecule has 20 heavy (non-hydrogen) atoms. The molecule has 0 bridgehead atoms. The van der Waals surface area contributed by atoms with Crippen LogP contribution in [0.25, 0.3) is 0 Å². The number of nitrogens with zero attached hydrogens (tertiary/aromatic N) is 4. The van der Waals surface area contributed by atoms with Crippen LogP contribution in [0.3, 0.4) is 0 Å². The van der Waals surface area contributed by atoms with Crippen molar-refractivity contribution in [2.24, 2.45) is 14.1 Å². The topological polar surface area (TPSA) is 88.1 Å². The van der Waals surface area contributed by atoms with E-state index in [1.807, 2.05) is 6.07 Å². The minimum atomic E-state index is -1.45. The summed E-state index contributed by atoms with van der Waals surface area (Å²) in [7, 11) is 2.84. The molecule has 0 saturated carbocycles. The maximum Gasteiger partial charge on any atom is 0.330 e. The van der Waals surface area contributed by atoms with Gasteiger partial charge in [-0.1, -0.05) is 6.92 Å². The molecular weight excluding hydrogens is 260 g/mol. The summed E-state index contributed by atoms with van der Waals surface area (Å²) in [5.41, 5.74) is -2.17. The van der Waals surface area contributed by atoms with Crippen LogP contribution in [-0.2, 0) is 24.3 Å². The third-order valence-electron chi connectivity index (χ3n) is 3.96. The maximum atomic E-state index is 12.5. The second kappa shape index (κ2) is 4.34. The van der Waals surface area contributed by atoms with Crippen molar-refractivity contribution >= 4 is 11.6 Å². The fourth-order valence-corrected chi connectivity index (χ4v) is 2.79. The summed E-state index contributed by atoms with van der Waals surface area (Å²) in [6.45, 7) is 3.71. The van der Waals surface area contributed by atoms with Gasteiger partial charge in [-0.25, -0.2) is 4.79 Å². The molecule has 7 nitrogen and oxygen atoms in total. The molecule has 106 valence electrons. The number of hydrogen-bond donors (Lipinski definition) is 0. The Morgan fingerprint density at radius 1 is 1.15 bits per heavy atom. The molecule has 2 rings (SSSR count). The second-order valence-corrected chi connectivity index (χ2v) is 4.82. The van der Waals surface area contributed by atoms with Gasteiger partial charge in [-0.15, -0.1) is 0 Å². The molecule has 0 fully saturated rings. The predicted molar refractivity (Wildman–Crippen MR) is 72.5 cm³/mol. The van der Waals surface area contributed by atoms with Crippen LogP contribution in [0.1, 0.15) is 26.0 Å². The van der Waals surface area contributed by atoms with Crippen molar-refractivity contribution in [2.45, 2.75) is 25.7 Å². The quantitative estimate of drug-likeness (QED) is 0.736. The van der Waals surface area contributed by atoms with Crippen LogP contribution < -0.4 is 16.1 Å². The van der Waals surface area contributed by atoms with E-state index in [1.165, 1.54) is 23.6 Å².